The van der Waals surface area contributed by atoms with E-state index in [9.17, 15) is 4.79 Å². The second kappa shape index (κ2) is 7.43. The van der Waals surface area contributed by atoms with Crippen LogP contribution in [-0.4, -0.2) is 24.8 Å². The van der Waals surface area contributed by atoms with Crippen molar-refractivity contribution in [1.82, 2.24) is 0 Å². The van der Waals surface area contributed by atoms with Crippen LogP contribution < -0.4 is 0 Å². The summed E-state index contributed by atoms with van der Waals surface area (Å²) >= 11 is 0. The molecule has 0 aromatic rings. The van der Waals surface area contributed by atoms with Crippen molar-refractivity contribution in [3.63, 3.8) is 0 Å². The fourth-order valence-electron chi connectivity index (χ4n) is 5.59. The number of allylic oxidation sites excluding steroid dienone is 2. The van der Waals surface area contributed by atoms with Gasteiger partial charge in [-0.25, -0.2) is 0 Å². The van der Waals surface area contributed by atoms with Crippen LogP contribution in [0.4, 0.5) is 0 Å². The molecule has 4 atom stereocenters. The van der Waals surface area contributed by atoms with E-state index in [0.29, 0.717) is 11.8 Å². The van der Waals surface area contributed by atoms with Crippen LogP contribution in [0.2, 0.25) is 0 Å². The van der Waals surface area contributed by atoms with Crippen LogP contribution in [0.1, 0.15) is 65.7 Å². The molecule has 3 heteroatoms. The summed E-state index contributed by atoms with van der Waals surface area (Å²) in [5, 5.41) is 9.08. The van der Waals surface area contributed by atoms with Gasteiger partial charge < -0.3 is 9.84 Å². The van der Waals surface area contributed by atoms with Gasteiger partial charge in [-0.2, -0.15) is 0 Å². The minimum atomic E-state index is -0.364. The van der Waals surface area contributed by atoms with Crippen molar-refractivity contribution in [3.8, 4) is 0 Å². The maximum Gasteiger partial charge on any atom is 0.311 e. The number of methoxy groups -OCH3 is 1. The van der Waals surface area contributed by atoms with Crippen LogP contribution in [0.3, 0.4) is 0 Å². The summed E-state index contributed by atoms with van der Waals surface area (Å²) in [6.45, 7) is 11.1. The van der Waals surface area contributed by atoms with Crippen LogP contribution in [0.15, 0.2) is 23.8 Å². The highest BCUT2D eigenvalue weighted by molar-refractivity contribution is 5.77. The number of hydrogen-bond acceptors (Lipinski definition) is 3. The topological polar surface area (TPSA) is 46.5 Å². The molecule has 2 saturated carbocycles. The average Bonchev–Trinajstić information content (AvgIpc) is 2.53. The fraction of sp³-hybridized carbons (Fsp3) is 0.762. The molecule has 0 unspecified atom stereocenters. The Morgan fingerprint density at radius 2 is 2.12 bits per heavy atom. The van der Waals surface area contributed by atoms with Crippen molar-refractivity contribution in [2.24, 2.45) is 22.7 Å². The van der Waals surface area contributed by atoms with Gasteiger partial charge in [-0.05, 0) is 69.6 Å². The highest BCUT2D eigenvalue weighted by Gasteiger charge is 2.57. The second-order valence-electron chi connectivity index (χ2n) is 8.34. The van der Waals surface area contributed by atoms with E-state index in [1.54, 1.807) is 0 Å². The molecule has 2 fully saturated rings. The van der Waals surface area contributed by atoms with Gasteiger partial charge in [0.1, 0.15) is 0 Å². The lowest BCUT2D eigenvalue weighted by atomic mass is 9.46. The molecule has 0 amide bonds. The molecular weight excluding hydrogens is 300 g/mol. The lowest BCUT2D eigenvalue weighted by Gasteiger charge is -2.57. The Labute approximate surface area is 147 Å². The number of ether oxygens (including phenoxy) is 1. The number of rotatable bonds is 5. The molecule has 0 heterocycles. The first-order chi connectivity index (χ1) is 11.3. The van der Waals surface area contributed by atoms with Crippen molar-refractivity contribution >= 4 is 5.97 Å². The summed E-state index contributed by atoms with van der Waals surface area (Å²) in [5.74, 6) is 0.771. The maximum atomic E-state index is 12.5. The van der Waals surface area contributed by atoms with E-state index in [1.807, 2.05) is 6.08 Å². The van der Waals surface area contributed by atoms with E-state index in [4.69, 9.17) is 9.84 Å². The van der Waals surface area contributed by atoms with Gasteiger partial charge >= 0.3 is 5.97 Å². The Hall–Kier alpha value is -1.09. The molecule has 2 aliphatic rings. The van der Waals surface area contributed by atoms with Crippen molar-refractivity contribution in [3.05, 3.63) is 23.8 Å². The Kier molecular flexibility index (Phi) is 5.95. The van der Waals surface area contributed by atoms with Gasteiger partial charge in [0.2, 0.25) is 0 Å². The Morgan fingerprint density at radius 1 is 1.42 bits per heavy atom. The number of carbonyl (C=O) groups is 1. The number of esters is 1. The normalized spacial score (nSPS) is 37.0. The minimum Gasteiger partial charge on any atom is -0.469 e. The summed E-state index contributed by atoms with van der Waals surface area (Å²) in [4.78, 5) is 12.5. The van der Waals surface area contributed by atoms with Crippen LogP contribution in [-0.2, 0) is 9.53 Å². The predicted octanol–water partition coefficient (Wildman–Crippen LogP) is 4.66. The zero-order chi connectivity index (χ0) is 18.0. The number of aliphatic hydroxyl groups excluding tert-OH is 1. The van der Waals surface area contributed by atoms with Crippen molar-refractivity contribution < 1.29 is 14.6 Å². The van der Waals surface area contributed by atoms with Gasteiger partial charge in [-0.1, -0.05) is 37.1 Å². The minimum absolute atomic E-state index is 0.0407. The molecule has 0 radical (unpaired) electrons. The molecule has 24 heavy (non-hydrogen) atoms. The zero-order valence-electron chi connectivity index (χ0n) is 15.9. The molecule has 136 valence electrons. The molecule has 0 saturated heterocycles. The molecule has 0 aromatic carbocycles. The molecular formula is C21H34O3. The SMILES string of the molecule is C=C1CC[C@H]2[C@](C)(CCC[C@]2(C)C(=O)OC)[C@H]1CC/C(C)=C/CO. The summed E-state index contributed by atoms with van der Waals surface area (Å²) in [6.07, 6.45) is 9.17. The maximum absolute atomic E-state index is 12.5. The third-order valence-electron chi connectivity index (χ3n) is 6.94. The van der Waals surface area contributed by atoms with E-state index in [0.717, 1.165) is 44.9 Å². The second-order valence-corrected chi connectivity index (χ2v) is 8.34. The van der Waals surface area contributed by atoms with Crippen molar-refractivity contribution in [1.29, 1.82) is 0 Å². The average molecular weight is 335 g/mol. The van der Waals surface area contributed by atoms with E-state index >= 15 is 0 Å². The number of carbonyl (C=O) groups excluding carboxylic acids is 1. The Bertz CT molecular complexity index is 521. The standard InChI is InChI=1S/C21H34O3/c1-15(11-14-22)7-9-17-16(2)8-10-18-20(17,3)12-6-13-21(18,4)19(23)24-5/h11,17-18,22H,2,6-10,12-14H2,1,3-5H3/b15-11+/t17-,18-,20+,21-/m0/s1. The highest BCUT2D eigenvalue weighted by atomic mass is 16.5. The molecule has 0 bridgehead atoms. The lowest BCUT2D eigenvalue weighted by molar-refractivity contribution is -0.168. The smallest absolute Gasteiger partial charge is 0.311 e. The van der Waals surface area contributed by atoms with Crippen LogP contribution in [0, 0.1) is 22.7 Å². The summed E-state index contributed by atoms with van der Waals surface area (Å²) in [6, 6.07) is 0. The summed E-state index contributed by atoms with van der Waals surface area (Å²) < 4.78 is 5.18. The van der Waals surface area contributed by atoms with Gasteiger partial charge in [0.05, 0.1) is 19.1 Å². The molecule has 0 spiro atoms. The molecule has 1 N–H and O–H groups in total. The number of fused-ring (bicyclic) bond motifs is 1. The van der Waals surface area contributed by atoms with Crippen molar-refractivity contribution in [2.75, 3.05) is 13.7 Å². The third kappa shape index (κ3) is 3.33. The predicted molar refractivity (Wildman–Crippen MR) is 97.5 cm³/mol. The molecule has 0 aliphatic heterocycles. The van der Waals surface area contributed by atoms with E-state index in [2.05, 4.69) is 27.4 Å². The first-order valence-corrected chi connectivity index (χ1v) is 9.32. The van der Waals surface area contributed by atoms with Gasteiger partial charge in [0.15, 0.2) is 0 Å². The monoisotopic (exact) mass is 334 g/mol. The number of hydrogen-bond donors (Lipinski definition) is 1. The fourth-order valence-corrected chi connectivity index (χ4v) is 5.59. The Balaban J connectivity index is 2.27. The van der Waals surface area contributed by atoms with Crippen LogP contribution in [0.5, 0.6) is 0 Å². The summed E-state index contributed by atoms with van der Waals surface area (Å²) in [7, 11) is 1.52. The molecule has 0 aromatic heterocycles. The lowest BCUT2D eigenvalue weighted by Crippen LogP contribution is -2.53. The van der Waals surface area contributed by atoms with Gasteiger partial charge in [0, 0.05) is 0 Å². The molecule has 3 nitrogen and oxygen atoms in total. The molecule has 2 aliphatic carbocycles. The summed E-state index contributed by atoms with van der Waals surface area (Å²) in [5.41, 5.74) is 2.34. The van der Waals surface area contributed by atoms with Gasteiger partial charge in [-0.15, -0.1) is 0 Å². The van der Waals surface area contributed by atoms with Gasteiger partial charge in [-0.3, -0.25) is 4.79 Å². The first-order valence-electron chi connectivity index (χ1n) is 9.32. The molecule has 2 rings (SSSR count). The largest absolute Gasteiger partial charge is 0.469 e. The first kappa shape index (κ1) is 19.2. The van der Waals surface area contributed by atoms with E-state index in [1.165, 1.54) is 18.3 Å². The number of aliphatic hydroxyl groups is 1. The Morgan fingerprint density at radius 3 is 2.75 bits per heavy atom. The zero-order valence-corrected chi connectivity index (χ0v) is 15.9. The van der Waals surface area contributed by atoms with Gasteiger partial charge in [0.25, 0.3) is 0 Å². The van der Waals surface area contributed by atoms with E-state index in [-0.39, 0.29) is 23.4 Å². The highest BCUT2D eigenvalue weighted by Crippen LogP contribution is 2.62. The van der Waals surface area contributed by atoms with Crippen LogP contribution in [0.25, 0.3) is 0 Å². The van der Waals surface area contributed by atoms with Crippen molar-refractivity contribution in [2.45, 2.75) is 65.7 Å². The van der Waals surface area contributed by atoms with Crippen LogP contribution >= 0.6 is 0 Å². The third-order valence-corrected chi connectivity index (χ3v) is 6.94. The quantitative estimate of drug-likeness (QED) is 0.587. The van der Waals surface area contributed by atoms with E-state index < -0.39 is 0 Å².